The van der Waals surface area contributed by atoms with Crippen molar-refractivity contribution in [2.45, 2.75) is 0 Å². The van der Waals surface area contributed by atoms with E-state index in [1.165, 1.54) is 4.68 Å². The minimum Gasteiger partial charge on any atom is -0.475 e. The van der Waals surface area contributed by atoms with Crippen LogP contribution in [-0.4, -0.2) is 57.9 Å². The monoisotopic (exact) mass is 408 g/mol. The van der Waals surface area contributed by atoms with Crippen molar-refractivity contribution < 1.29 is 19.1 Å². The molecule has 3 aromatic rings. The van der Waals surface area contributed by atoms with Crippen molar-refractivity contribution in [2.75, 3.05) is 31.7 Å². The summed E-state index contributed by atoms with van der Waals surface area (Å²) in [6.07, 6.45) is 4.76. The lowest BCUT2D eigenvalue weighted by molar-refractivity contribution is 0.0859. The SMILES string of the molecule is Cn1cc2c(n1)C(=O)NCCOCCOc1cc(ccn1)-c1ccnc(c1)C(=O)N2. The van der Waals surface area contributed by atoms with E-state index in [0.717, 1.165) is 11.1 Å². The van der Waals surface area contributed by atoms with Crippen LogP contribution in [0.25, 0.3) is 11.1 Å². The van der Waals surface area contributed by atoms with Crippen LogP contribution in [0.5, 0.6) is 5.88 Å². The number of fused-ring (bicyclic) bond motifs is 6. The highest BCUT2D eigenvalue weighted by Crippen LogP contribution is 2.23. The van der Waals surface area contributed by atoms with Crippen molar-refractivity contribution in [2.24, 2.45) is 7.05 Å². The minimum absolute atomic E-state index is 0.116. The standard InChI is InChI=1S/C20H20N6O4/c1-26-12-16-18(25-26)20(28)23-6-7-29-8-9-30-17-11-14(3-5-22-17)13-2-4-21-15(10-13)19(27)24-16/h2-5,10-12H,6-9H2,1H3,(H,23,28)(H,24,27). The van der Waals surface area contributed by atoms with Gasteiger partial charge in [0.25, 0.3) is 11.8 Å². The summed E-state index contributed by atoms with van der Waals surface area (Å²) in [6, 6.07) is 7.07. The van der Waals surface area contributed by atoms with Crippen LogP contribution in [0.15, 0.2) is 42.9 Å². The maximum atomic E-state index is 12.8. The summed E-state index contributed by atoms with van der Waals surface area (Å²) in [7, 11) is 1.67. The summed E-state index contributed by atoms with van der Waals surface area (Å²) in [5.74, 6) is -0.407. The molecule has 154 valence electrons. The van der Waals surface area contributed by atoms with Gasteiger partial charge in [-0.3, -0.25) is 19.3 Å². The third-order valence-electron chi connectivity index (χ3n) is 4.36. The zero-order chi connectivity index (χ0) is 20.9. The van der Waals surface area contributed by atoms with E-state index in [9.17, 15) is 9.59 Å². The Morgan fingerprint density at radius 1 is 1.00 bits per heavy atom. The zero-order valence-electron chi connectivity index (χ0n) is 16.3. The van der Waals surface area contributed by atoms with Crippen molar-refractivity contribution in [1.29, 1.82) is 0 Å². The Kier molecular flexibility index (Phi) is 5.66. The number of amides is 2. The number of rotatable bonds is 0. The molecule has 30 heavy (non-hydrogen) atoms. The van der Waals surface area contributed by atoms with Gasteiger partial charge in [-0.25, -0.2) is 4.98 Å². The van der Waals surface area contributed by atoms with Crippen LogP contribution in [0.2, 0.25) is 0 Å². The highest BCUT2D eigenvalue weighted by molar-refractivity contribution is 6.07. The first kappa shape index (κ1) is 19.5. The maximum Gasteiger partial charge on any atom is 0.274 e. The summed E-state index contributed by atoms with van der Waals surface area (Å²) in [4.78, 5) is 33.6. The average molecular weight is 408 g/mol. The number of nitrogens with one attached hydrogen (secondary N) is 2. The lowest BCUT2D eigenvalue weighted by Gasteiger charge is -2.10. The Morgan fingerprint density at radius 3 is 2.67 bits per heavy atom. The molecular formula is C20H20N6O4. The highest BCUT2D eigenvalue weighted by atomic mass is 16.5. The van der Waals surface area contributed by atoms with E-state index in [0.29, 0.717) is 37.9 Å². The number of aryl methyl sites for hydroxylation is 1. The summed E-state index contributed by atoms with van der Waals surface area (Å²) < 4.78 is 12.6. The Hall–Kier alpha value is -3.79. The van der Waals surface area contributed by atoms with Crippen LogP contribution in [0.1, 0.15) is 21.0 Å². The van der Waals surface area contributed by atoms with Crippen LogP contribution in [0, 0.1) is 0 Å². The fourth-order valence-electron chi connectivity index (χ4n) is 2.96. The molecule has 2 amide bonds. The van der Waals surface area contributed by atoms with Crippen LogP contribution in [0.3, 0.4) is 0 Å². The molecule has 4 bridgehead atoms. The molecule has 4 rings (SSSR count). The van der Waals surface area contributed by atoms with Gasteiger partial charge in [-0.05, 0) is 29.3 Å². The third kappa shape index (κ3) is 4.44. The van der Waals surface area contributed by atoms with E-state index in [1.807, 2.05) is 6.07 Å². The van der Waals surface area contributed by atoms with Gasteiger partial charge in [0.2, 0.25) is 5.88 Å². The quantitative estimate of drug-likeness (QED) is 0.575. The van der Waals surface area contributed by atoms with Gasteiger partial charge >= 0.3 is 0 Å². The van der Waals surface area contributed by atoms with Gasteiger partial charge in [0.1, 0.15) is 12.3 Å². The van der Waals surface area contributed by atoms with Gasteiger partial charge in [-0.1, -0.05) is 0 Å². The van der Waals surface area contributed by atoms with Crippen LogP contribution in [-0.2, 0) is 11.8 Å². The normalized spacial score (nSPS) is 15.1. The van der Waals surface area contributed by atoms with Crippen molar-refractivity contribution in [3.63, 3.8) is 0 Å². The molecule has 0 unspecified atom stereocenters. The molecule has 4 heterocycles. The smallest absolute Gasteiger partial charge is 0.274 e. The van der Waals surface area contributed by atoms with Crippen molar-refractivity contribution in [1.82, 2.24) is 25.1 Å². The molecule has 0 aliphatic carbocycles. The number of pyridine rings is 2. The molecule has 0 atom stereocenters. The number of hydrogen-bond acceptors (Lipinski definition) is 7. The first-order chi connectivity index (χ1) is 14.6. The second-order valence-electron chi connectivity index (χ2n) is 6.55. The van der Waals surface area contributed by atoms with Gasteiger partial charge in [0.15, 0.2) is 5.69 Å². The van der Waals surface area contributed by atoms with Gasteiger partial charge in [-0.15, -0.1) is 0 Å². The fourth-order valence-corrected chi connectivity index (χ4v) is 2.96. The summed E-state index contributed by atoms with van der Waals surface area (Å²) in [5, 5.41) is 9.59. The molecule has 10 nitrogen and oxygen atoms in total. The fraction of sp³-hybridized carbons (Fsp3) is 0.250. The van der Waals surface area contributed by atoms with E-state index in [1.54, 1.807) is 43.8 Å². The Balaban J connectivity index is 1.68. The van der Waals surface area contributed by atoms with Crippen molar-refractivity contribution >= 4 is 17.5 Å². The summed E-state index contributed by atoms with van der Waals surface area (Å²) in [5.41, 5.74) is 2.24. The Bertz CT molecular complexity index is 1080. The number of ether oxygens (including phenoxy) is 2. The molecule has 0 aromatic carbocycles. The van der Waals surface area contributed by atoms with E-state index in [2.05, 4.69) is 25.7 Å². The Labute approximate surface area is 172 Å². The number of hydrogen-bond donors (Lipinski definition) is 2. The maximum absolute atomic E-state index is 12.8. The molecule has 10 heteroatoms. The molecule has 1 aliphatic heterocycles. The van der Waals surface area contributed by atoms with E-state index in [4.69, 9.17) is 9.47 Å². The average Bonchev–Trinajstić information content (AvgIpc) is 3.12. The first-order valence-electron chi connectivity index (χ1n) is 9.36. The van der Waals surface area contributed by atoms with Gasteiger partial charge in [0.05, 0.1) is 18.9 Å². The van der Waals surface area contributed by atoms with Crippen LogP contribution in [0.4, 0.5) is 5.69 Å². The van der Waals surface area contributed by atoms with Crippen molar-refractivity contribution in [3.05, 3.63) is 54.2 Å². The molecule has 0 fully saturated rings. The van der Waals surface area contributed by atoms with Crippen LogP contribution >= 0.6 is 0 Å². The molecule has 3 aromatic heterocycles. The number of anilines is 1. The number of carbonyl (C=O) groups excluding carboxylic acids is 2. The lowest BCUT2D eigenvalue weighted by atomic mass is 10.1. The molecule has 0 saturated heterocycles. The second kappa shape index (κ2) is 8.70. The predicted octanol–water partition coefficient (Wildman–Crippen LogP) is 1.27. The van der Waals surface area contributed by atoms with Gasteiger partial charge in [-0.2, -0.15) is 5.10 Å². The van der Waals surface area contributed by atoms with Crippen molar-refractivity contribution in [3.8, 4) is 17.0 Å². The molecule has 2 N–H and O–H groups in total. The predicted molar refractivity (Wildman–Crippen MR) is 107 cm³/mol. The van der Waals surface area contributed by atoms with Crippen LogP contribution < -0.4 is 15.4 Å². The topological polar surface area (TPSA) is 120 Å². The molecule has 0 radical (unpaired) electrons. The summed E-state index contributed by atoms with van der Waals surface area (Å²) >= 11 is 0. The van der Waals surface area contributed by atoms with Gasteiger partial charge < -0.3 is 20.1 Å². The van der Waals surface area contributed by atoms with Gasteiger partial charge in [0, 0.05) is 38.2 Å². The number of carbonyl (C=O) groups is 2. The second-order valence-corrected chi connectivity index (χ2v) is 6.55. The lowest BCUT2D eigenvalue weighted by Crippen LogP contribution is -2.29. The number of aromatic nitrogens is 4. The highest BCUT2D eigenvalue weighted by Gasteiger charge is 2.19. The minimum atomic E-state index is -0.450. The molecule has 1 aliphatic rings. The molecular weight excluding hydrogens is 388 g/mol. The number of nitrogens with zero attached hydrogens (tertiary/aromatic N) is 4. The van der Waals surface area contributed by atoms with E-state index >= 15 is 0 Å². The first-order valence-corrected chi connectivity index (χ1v) is 9.36. The zero-order valence-corrected chi connectivity index (χ0v) is 16.3. The molecule has 0 spiro atoms. The Morgan fingerprint density at radius 2 is 1.80 bits per heavy atom. The molecule has 0 saturated carbocycles. The third-order valence-corrected chi connectivity index (χ3v) is 4.36. The van der Waals surface area contributed by atoms with E-state index in [-0.39, 0.29) is 11.4 Å². The summed E-state index contributed by atoms with van der Waals surface area (Å²) in [6.45, 7) is 1.27. The van der Waals surface area contributed by atoms with E-state index < -0.39 is 11.8 Å². The largest absolute Gasteiger partial charge is 0.475 e.